The van der Waals surface area contributed by atoms with Crippen LogP contribution in [-0.2, 0) is 11.2 Å². The third-order valence-corrected chi connectivity index (χ3v) is 4.72. The number of aliphatic carboxylic acids is 1. The van der Waals surface area contributed by atoms with Crippen LogP contribution in [0.2, 0.25) is 0 Å². The van der Waals surface area contributed by atoms with Crippen LogP contribution < -0.4 is 0 Å². The third-order valence-electron chi connectivity index (χ3n) is 4.72. The molecule has 3 heteroatoms. The van der Waals surface area contributed by atoms with Crippen molar-refractivity contribution in [3.05, 3.63) is 96.2 Å². The number of rotatable bonds is 5. The van der Waals surface area contributed by atoms with E-state index in [0.29, 0.717) is 12.8 Å². The molecule has 4 aromatic rings. The van der Waals surface area contributed by atoms with Gasteiger partial charge in [-0.2, -0.15) is 0 Å². The minimum absolute atomic E-state index is 0.621. The normalized spacial score (nSPS) is 11.8. The summed E-state index contributed by atoms with van der Waals surface area (Å²) in [6.07, 6.45) is 2.62. The van der Waals surface area contributed by atoms with Crippen molar-refractivity contribution in [1.82, 2.24) is 4.98 Å². The molecule has 3 aromatic carbocycles. The van der Waals surface area contributed by atoms with Crippen molar-refractivity contribution < 1.29 is 9.90 Å². The summed E-state index contributed by atoms with van der Waals surface area (Å²) in [6.45, 7) is 0. The highest BCUT2D eigenvalue weighted by atomic mass is 16.4. The molecule has 1 heterocycles. The number of aryl methyl sites for hydroxylation is 1. The van der Waals surface area contributed by atoms with E-state index in [-0.39, 0.29) is 0 Å². The Bertz CT molecular complexity index is 1160. The second-order valence-electron chi connectivity index (χ2n) is 6.57. The first-order valence-corrected chi connectivity index (χ1v) is 8.96. The van der Waals surface area contributed by atoms with E-state index in [0.717, 1.165) is 38.5 Å². The van der Waals surface area contributed by atoms with Gasteiger partial charge >= 0.3 is 5.97 Å². The van der Waals surface area contributed by atoms with Crippen molar-refractivity contribution in [3.63, 3.8) is 0 Å². The first-order chi connectivity index (χ1) is 13.2. The lowest BCUT2D eigenvalue weighted by atomic mass is 9.96. The molecule has 3 nitrogen and oxygen atoms in total. The SMILES string of the molecule is O=C(O)/C=C(/CCc1ccc2ccccc2n1)c1ccc2ccccc2c1. The number of aromatic nitrogens is 1. The molecule has 0 spiro atoms. The van der Waals surface area contributed by atoms with Gasteiger partial charge < -0.3 is 5.11 Å². The van der Waals surface area contributed by atoms with Crippen molar-refractivity contribution in [2.75, 3.05) is 0 Å². The maximum absolute atomic E-state index is 11.3. The molecule has 0 bridgehead atoms. The van der Waals surface area contributed by atoms with Crippen LogP contribution in [0, 0.1) is 0 Å². The predicted octanol–water partition coefficient (Wildman–Crippen LogP) is 5.49. The number of benzene rings is 3. The average molecular weight is 353 g/mol. The number of carbonyl (C=O) groups is 1. The molecule has 0 fully saturated rings. The number of nitrogens with zero attached hydrogens (tertiary/aromatic N) is 1. The van der Waals surface area contributed by atoms with E-state index >= 15 is 0 Å². The quantitative estimate of drug-likeness (QED) is 0.483. The monoisotopic (exact) mass is 353 g/mol. The van der Waals surface area contributed by atoms with Crippen molar-refractivity contribution in [2.24, 2.45) is 0 Å². The summed E-state index contributed by atoms with van der Waals surface area (Å²) in [5.74, 6) is -0.926. The molecule has 4 rings (SSSR count). The number of hydrogen-bond acceptors (Lipinski definition) is 2. The lowest BCUT2D eigenvalue weighted by Gasteiger charge is -2.09. The molecular weight excluding hydrogens is 334 g/mol. The molecule has 0 atom stereocenters. The van der Waals surface area contributed by atoms with Crippen molar-refractivity contribution >= 4 is 33.2 Å². The fraction of sp³-hybridized carbons (Fsp3) is 0.0833. The van der Waals surface area contributed by atoms with Gasteiger partial charge in [0.15, 0.2) is 0 Å². The van der Waals surface area contributed by atoms with Crippen LogP contribution in [0.1, 0.15) is 17.7 Å². The number of allylic oxidation sites excluding steroid dienone is 1. The zero-order valence-electron chi connectivity index (χ0n) is 14.8. The molecule has 0 unspecified atom stereocenters. The van der Waals surface area contributed by atoms with Gasteiger partial charge in [0.05, 0.1) is 5.52 Å². The van der Waals surface area contributed by atoms with Crippen LogP contribution >= 0.6 is 0 Å². The van der Waals surface area contributed by atoms with Gasteiger partial charge in [0.1, 0.15) is 0 Å². The first kappa shape index (κ1) is 17.0. The number of carboxylic acids is 1. The minimum atomic E-state index is -0.926. The Hall–Kier alpha value is -3.46. The molecule has 0 amide bonds. The Kier molecular flexibility index (Phi) is 4.67. The third kappa shape index (κ3) is 3.87. The van der Waals surface area contributed by atoms with Crippen LogP contribution in [0.5, 0.6) is 0 Å². The minimum Gasteiger partial charge on any atom is -0.478 e. The molecule has 0 aliphatic heterocycles. The Balaban J connectivity index is 1.62. The highest BCUT2D eigenvalue weighted by Crippen LogP contribution is 2.25. The first-order valence-electron chi connectivity index (χ1n) is 8.96. The highest BCUT2D eigenvalue weighted by Gasteiger charge is 2.08. The Morgan fingerprint density at radius 2 is 1.56 bits per heavy atom. The van der Waals surface area contributed by atoms with Crippen molar-refractivity contribution in [1.29, 1.82) is 0 Å². The maximum atomic E-state index is 11.3. The summed E-state index contributed by atoms with van der Waals surface area (Å²) in [7, 11) is 0. The van der Waals surface area contributed by atoms with E-state index in [4.69, 9.17) is 4.98 Å². The molecule has 1 N–H and O–H groups in total. The second kappa shape index (κ2) is 7.42. The summed E-state index contributed by atoms with van der Waals surface area (Å²) in [5.41, 5.74) is 3.68. The average Bonchev–Trinajstić information content (AvgIpc) is 2.70. The van der Waals surface area contributed by atoms with Gasteiger partial charge in [-0.3, -0.25) is 4.98 Å². The van der Waals surface area contributed by atoms with E-state index < -0.39 is 5.97 Å². The van der Waals surface area contributed by atoms with Gasteiger partial charge in [-0.15, -0.1) is 0 Å². The summed E-state index contributed by atoms with van der Waals surface area (Å²) in [4.78, 5) is 16.0. The fourth-order valence-corrected chi connectivity index (χ4v) is 3.35. The Morgan fingerprint density at radius 3 is 2.37 bits per heavy atom. The number of para-hydroxylation sites is 1. The summed E-state index contributed by atoms with van der Waals surface area (Å²) >= 11 is 0. The summed E-state index contributed by atoms with van der Waals surface area (Å²) in [5, 5.41) is 12.7. The highest BCUT2D eigenvalue weighted by molar-refractivity contribution is 5.93. The lowest BCUT2D eigenvalue weighted by Crippen LogP contribution is -1.97. The Morgan fingerprint density at radius 1 is 0.852 bits per heavy atom. The topological polar surface area (TPSA) is 50.2 Å². The van der Waals surface area contributed by atoms with Crippen molar-refractivity contribution in [2.45, 2.75) is 12.8 Å². The largest absolute Gasteiger partial charge is 0.478 e. The van der Waals surface area contributed by atoms with Crippen molar-refractivity contribution in [3.8, 4) is 0 Å². The molecular formula is C24H19NO2. The number of pyridine rings is 1. The van der Waals surface area contributed by atoms with Crippen LogP contribution in [0.3, 0.4) is 0 Å². The van der Waals surface area contributed by atoms with E-state index in [1.165, 1.54) is 6.08 Å². The number of fused-ring (bicyclic) bond motifs is 2. The molecule has 0 saturated heterocycles. The summed E-state index contributed by atoms with van der Waals surface area (Å²) < 4.78 is 0. The molecule has 132 valence electrons. The van der Waals surface area contributed by atoms with E-state index in [9.17, 15) is 9.90 Å². The van der Waals surface area contributed by atoms with Gasteiger partial charge in [0.2, 0.25) is 0 Å². The molecule has 1 aromatic heterocycles. The summed E-state index contributed by atoms with van der Waals surface area (Å²) in [6, 6.07) is 26.3. The molecule has 0 aliphatic rings. The zero-order chi connectivity index (χ0) is 18.6. The van der Waals surface area contributed by atoms with E-state index in [1.807, 2.05) is 60.7 Å². The zero-order valence-corrected chi connectivity index (χ0v) is 14.8. The Labute approximate surface area is 157 Å². The number of carboxylic acid groups (broad SMARTS) is 1. The smallest absolute Gasteiger partial charge is 0.328 e. The van der Waals surface area contributed by atoms with Gasteiger partial charge in [-0.25, -0.2) is 4.79 Å². The van der Waals surface area contributed by atoms with Crippen LogP contribution in [0.25, 0.3) is 27.2 Å². The fourth-order valence-electron chi connectivity index (χ4n) is 3.35. The van der Waals surface area contributed by atoms with Gasteiger partial charge in [-0.05, 0) is 52.9 Å². The molecule has 0 radical (unpaired) electrons. The van der Waals surface area contributed by atoms with Crippen LogP contribution in [-0.4, -0.2) is 16.1 Å². The second-order valence-corrected chi connectivity index (χ2v) is 6.57. The molecule has 0 aliphatic carbocycles. The van der Waals surface area contributed by atoms with Gasteiger partial charge in [0, 0.05) is 17.2 Å². The van der Waals surface area contributed by atoms with Gasteiger partial charge in [0.25, 0.3) is 0 Å². The standard InChI is InChI=1S/C24H19NO2/c26-24(27)16-21(20-10-9-17-5-1-2-7-19(17)15-20)12-14-22-13-11-18-6-3-4-8-23(18)25-22/h1-11,13,15-16H,12,14H2,(H,26,27)/b21-16-. The van der Waals surface area contributed by atoms with Crippen LogP contribution in [0.4, 0.5) is 0 Å². The van der Waals surface area contributed by atoms with Gasteiger partial charge in [-0.1, -0.05) is 60.7 Å². The molecule has 27 heavy (non-hydrogen) atoms. The number of hydrogen-bond donors (Lipinski definition) is 1. The lowest BCUT2D eigenvalue weighted by molar-refractivity contribution is -0.131. The van der Waals surface area contributed by atoms with E-state index in [2.05, 4.69) is 18.2 Å². The molecule has 0 saturated carbocycles. The maximum Gasteiger partial charge on any atom is 0.328 e. The van der Waals surface area contributed by atoms with Crippen LogP contribution in [0.15, 0.2) is 84.9 Å². The predicted molar refractivity (Wildman–Crippen MR) is 110 cm³/mol. The van der Waals surface area contributed by atoms with E-state index in [1.54, 1.807) is 0 Å².